The summed E-state index contributed by atoms with van der Waals surface area (Å²) >= 11 is 4.61. The van der Waals surface area contributed by atoms with Gasteiger partial charge in [-0.3, -0.25) is 0 Å². The van der Waals surface area contributed by atoms with Gasteiger partial charge in [0.1, 0.15) is 0 Å². The fourth-order valence-electron chi connectivity index (χ4n) is 5.68. The number of thiol groups is 1. The van der Waals surface area contributed by atoms with Crippen LogP contribution in [0.15, 0.2) is 59.5 Å². The second-order valence-electron chi connectivity index (χ2n) is 10.9. The van der Waals surface area contributed by atoms with Gasteiger partial charge in [-0.05, 0) is 87.1 Å². The molecule has 0 saturated heterocycles. The number of nitrogens with one attached hydrogen (secondary N) is 2. The first-order valence-corrected chi connectivity index (χ1v) is 14.3. The summed E-state index contributed by atoms with van der Waals surface area (Å²) < 4.78 is 0. The molecule has 0 aromatic heterocycles. The van der Waals surface area contributed by atoms with Gasteiger partial charge in [-0.1, -0.05) is 69.2 Å². The van der Waals surface area contributed by atoms with Crippen molar-refractivity contribution < 1.29 is 0 Å². The van der Waals surface area contributed by atoms with Gasteiger partial charge in [0.2, 0.25) is 0 Å². The minimum Gasteiger partial charge on any atom is -0.385 e. The lowest BCUT2D eigenvalue weighted by molar-refractivity contribution is 0.606. The van der Waals surface area contributed by atoms with Crippen LogP contribution in [0.25, 0.3) is 0 Å². The topological polar surface area (TPSA) is 24.1 Å². The third kappa shape index (κ3) is 8.07. The highest BCUT2D eigenvalue weighted by Crippen LogP contribution is 2.36. The molecule has 0 spiro atoms. The molecule has 2 nitrogen and oxygen atoms in total. The van der Waals surface area contributed by atoms with Gasteiger partial charge >= 0.3 is 0 Å². The van der Waals surface area contributed by atoms with Gasteiger partial charge in [-0.15, -0.1) is 0 Å². The quantitative estimate of drug-likeness (QED) is 0.156. The average molecular weight is 493 g/mol. The minimum atomic E-state index is 0.354. The Morgan fingerprint density at radius 2 is 2.06 bits per heavy atom. The maximum absolute atomic E-state index is 4.61. The number of hydrogen-bond acceptors (Lipinski definition) is 3. The lowest BCUT2D eigenvalue weighted by Gasteiger charge is -2.26. The molecule has 3 rings (SSSR count). The van der Waals surface area contributed by atoms with E-state index >= 15 is 0 Å². The number of hydrogen-bond donors (Lipinski definition) is 3. The summed E-state index contributed by atoms with van der Waals surface area (Å²) in [5, 5.41) is 7.50. The molecule has 0 bridgehead atoms. The molecule has 0 radical (unpaired) electrons. The largest absolute Gasteiger partial charge is 0.385 e. The van der Waals surface area contributed by atoms with Crippen LogP contribution >= 0.6 is 12.6 Å². The molecular formula is C32H48N2S. The van der Waals surface area contributed by atoms with Crippen molar-refractivity contribution in [3.63, 3.8) is 0 Å². The van der Waals surface area contributed by atoms with Crippen LogP contribution in [0.2, 0.25) is 0 Å². The number of benzene rings is 1. The molecule has 192 valence electrons. The fraction of sp³-hybridized carbons (Fsp3) is 0.562. The highest BCUT2D eigenvalue weighted by Gasteiger charge is 2.22. The maximum Gasteiger partial charge on any atom is 0.0412 e. The predicted octanol–water partition coefficient (Wildman–Crippen LogP) is 8.10. The Morgan fingerprint density at radius 3 is 2.74 bits per heavy atom. The second kappa shape index (κ2) is 13.4. The van der Waals surface area contributed by atoms with E-state index < -0.39 is 0 Å². The van der Waals surface area contributed by atoms with Crippen LogP contribution in [0.3, 0.4) is 0 Å². The van der Waals surface area contributed by atoms with Crippen molar-refractivity contribution in [3.8, 4) is 0 Å². The van der Waals surface area contributed by atoms with Crippen LogP contribution in [0, 0.1) is 6.92 Å². The zero-order valence-corrected chi connectivity index (χ0v) is 23.7. The molecule has 1 aliphatic heterocycles. The third-order valence-corrected chi connectivity index (χ3v) is 8.00. The Hall–Kier alpha value is -1.87. The molecule has 2 aliphatic rings. The van der Waals surface area contributed by atoms with Crippen molar-refractivity contribution in [2.75, 3.05) is 6.54 Å². The van der Waals surface area contributed by atoms with Crippen molar-refractivity contribution in [2.24, 2.45) is 0 Å². The smallest absolute Gasteiger partial charge is 0.0412 e. The van der Waals surface area contributed by atoms with E-state index in [9.17, 15) is 0 Å². The van der Waals surface area contributed by atoms with E-state index in [-0.39, 0.29) is 0 Å². The molecule has 1 aromatic carbocycles. The first kappa shape index (κ1) is 27.7. The Labute approximate surface area is 220 Å². The highest BCUT2D eigenvalue weighted by atomic mass is 32.1. The average Bonchev–Trinajstić information content (AvgIpc) is 3.17. The summed E-state index contributed by atoms with van der Waals surface area (Å²) in [6.45, 7) is 16.4. The van der Waals surface area contributed by atoms with E-state index in [4.69, 9.17) is 0 Å². The van der Waals surface area contributed by atoms with E-state index in [2.05, 4.69) is 94.8 Å². The Morgan fingerprint density at radius 1 is 1.26 bits per heavy atom. The Kier molecular flexibility index (Phi) is 10.6. The number of rotatable bonds is 12. The molecule has 0 fully saturated rings. The van der Waals surface area contributed by atoms with Crippen molar-refractivity contribution in [1.29, 1.82) is 0 Å². The summed E-state index contributed by atoms with van der Waals surface area (Å²) in [6.07, 6.45) is 17.8. The molecular weight excluding hydrogens is 444 g/mol. The first-order chi connectivity index (χ1) is 16.8. The molecule has 1 heterocycles. The molecule has 3 unspecified atom stereocenters. The number of aryl methyl sites for hydroxylation is 2. The van der Waals surface area contributed by atoms with Crippen LogP contribution in [0.5, 0.6) is 0 Å². The molecule has 3 heteroatoms. The maximum atomic E-state index is 4.61. The summed E-state index contributed by atoms with van der Waals surface area (Å²) in [7, 11) is 0. The number of allylic oxidation sites excluding steroid dienone is 5. The van der Waals surface area contributed by atoms with Crippen molar-refractivity contribution in [1.82, 2.24) is 10.6 Å². The first-order valence-electron chi connectivity index (χ1n) is 13.8. The fourth-order valence-corrected chi connectivity index (χ4v) is 5.86. The van der Waals surface area contributed by atoms with Gasteiger partial charge in [0, 0.05) is 41.6 Å². The highest BCUT2D eigenvalue weighted by molar-refractivity contribution is 7.81. The SMILES string of the molecule is C=C(Cc1cc(CCCCC)cc(C)c1C1C=C(C)CCC1)NC/C=C/C1=C(C)NC(C(C)S)C1. The van der Waals surface area contributed by atoms with Crippen molar-refractivity contribution >= 4 is 12.6 Å². The van der Waals surface area contributed by atoms with E-state index in [1.807, 2.05) is 0 Å². The van der Waals surface area contributed by atoms with Gasteiger partial charge in [0.15, 0.2) is 0 Å². The summed E-state index contributed by atoms with van der Waals surface area (Å²) in [6, 6.07) is 5.37. The van der Waals surface area contributed by atoms with Gasteiger partial charge in [0.05, 0.1) is 0 Å². The zero-order chi connectivity index (χ0) is 25.4. The molecule has 35 heavy (non-hydrogen) atoms. The zero-order valence-electron chi connectivity index (χ0n) is 22.8. The summed E-state index contributed by atoms with van der Waals surface area (Å²) in [5.74, 6) is 0.545. The van der Waals surface area contributed by atoms with Crippen LogP contribution in [0.4, 0.5) is 0 Å². The summed E-state index contributed by atoms with van der Waals surface area (Å²) in [5.41, 5.74) is 11.3. The monoisotopic (exact) mass is 492 g/mol. The normalized spacial score (nSPS) is 21.3. The second-order valence-corrected chi connectivity index (χ2v) is 11.7. The van der Waals surface area contributed by atoms with E-state index in [1.165, 1.54) is 72.9 Å². The van der Waals surface area contributed by atoms with Crippen LogP contribution in [0.1, 0.15) is 101 Å². The molecule has 2 N–H and O–H groups in total. The van der Waals surface area contributed by atoms with Crippen molar-refractivity contribution in [2.45, 2.75) is 110 Å². The van der Waals surface area contributed by atoms with E-state index in [0.29, 0.717) is 17.2 Å². The van der Waals surface area contributed by atoms with E-state index in [0.717, 1.165) is 25.1 Å². The standard InChI is InChI=1S/C32H48N2S/c1-7-8-9-13-27-18-23(3)32(29-14-10-12-22(2)17-29)30(20-27)19-24(4)33-16-11-15-28-21-31(26(6)35)34-25(28)5/h11,15,17-18,20,26,29,31,33-35H,4,7-10,12-14,16,19,21H2,1-3,5-6H3/b15-11+. The molecule has 1 aromatic rings. The molecule has 1 aliphatic carbocycles. The van der Waals surface area contributed by atoms with Crippen molar-refractivity contribution in [3.05, 3.63) is 81.7 Å². The number of unbranched alkanes of at least 4 members (excludes halogenated alkanes) is 2. The van der Waals surface area contributed by atoms with Gasteiger partial charge < -0.3 is 10.6 Å². The Balaban J connectivity index is 1.68. The van der Waals surface area contributed by atoms with Gasteiger partial charge in [-0.2, -0.15) is 12.6 Å². The Bertz CT molecular complexity index is 966. The van der Waals surface area contributed by atoms with Gasteiger partial charge in [0.25, 0.3) is 0 Å². The van der Waals surface area contributed by atoms with Crippen LogP contribution in [-0.2, 0) is 12.8 Å². The van der Waals surface area contributed by atoms with Crippen LogP contribution in [-0.4, -0.2) is 17.8 Å². The lowest BCUT2D eigenvalue weighted by atomic mass is 9.80. The molecule has 3 atom stereocenters. The lowest BCUT2D eigenvalue weighted by Crippen LogP contribution is -2.29. The molecule has 0 saturated carbocycles. The summed E-state index contributed by atoms with van der Waals surface area (Å²) in [4.78, 5) is 0. The molecule has 0 amide bonds. The van der Waals surface area contributed by atoms with Crippen LogP contribution < -0.4 is 10.6 Å². The predicted molar refractivity (Wildman–Crippen MR) is 157 cm³/mol. The van der Waals surface area contributed by atoms with Gasteiger partial charge in [-0.25, -0.2) is 0 Å². The minimum absolute atomic E-state index is 0.354. The van der Waals surface area contributed by atoms with E-state index in [1.54, 1.807) is 11.1 Å². The third-order valence-electron chi connectivity index (χ3n) is 7.64.